The Morgan fingerprint density at radius 1 is 1.41 bits per heavy atom. The number of hydrogen-bond donors (Lipinski definition) is 3. The van der Waals surface area contributed by atoms with Gasteiger partial charge in [-0.05, 0) is 50.0 Å². The molecular weight excluding hydrogens is 294 g/mol. The zero-order valence-corrected chi connectivity index (χ0v) is 13.3. The molecule has 5 heteroatoms. The highest BCUT2D eigenvalue weighted by Crippen LogP contribution is 2.27. The second-order valence-electron chi connectivity index (χ2n) is 6.01. The van der Waals surface area contributed by atoms with Gasteiger partial charge in [0, 0.05) is 23.0 Å². The van der Waals surface area contributed by atoms with E-state index in [2.05, 4.69) is 28.8 Å². The fourth-order valence-electron chi connectivity index (χ4n) is 3.35. The molecule has 0 unspecified atom stereocenters. The number of hydrogen-bond acceptors (Lipinski definition) is 3. The van der Waals surface area contributed by atoms with E-state index in [4.69, 9.17) is 11.8 Å². The Morgan fingerprint density at radius 3 is 2.68 bits per heavy atom. The molecule has 3 heterocycles. The van der Waals surface area contributed by atoms with Gasteiger partial charge in [-0.3, -0.25) is 4.79 Å². The third kappa shape index (κ3) is 2.90. The molecule has 0 aliphatic carbocycles. The predicted octanol–water partition coefficient (Wildman–Crippen LogP) is -0.285. The van der Waals surface area contributed by atoms with Crippen molar-refractivity contribution >= 4 is 24.2 Å². The van der Waals surface area contributed by atoms with Crippen molar-refractivity contribution in [2.45, 2.75) is 23.8 Å². The van der Waals surface area contributed by atoms with E-state index in [0.29, 0.717) is 16.4 Å². The van der Waals surface area contributed by atoms with Gasteiger partial charge in [-0.2, -0.15) is 0 Å². The monoisotopic (exact) mass is 314 g/mol. The fraction of sp³-hybridized carbons (Fsp3) is 0.412. The molecule has 1 aromatic carbocycles. The van der Waals surface area contributed by atoms with Crippen molar-refractivity contribution in [2.75, 3.05) is 19.6 Å². The number of nitrogens with zero attached hydrogens (tertiary/aromatic N) is 1. The van der Waals surface area contributed by atoms with Crippen molar-refractivity contribution < 1.29 is 10.2 Å². The third-order valence-electron chi connectivity index (χ3n) is 4.67. The Kier molecular flexibility index (Phi) is 4.23. The van der Waals surface area contributed by atoms with E-state index in [-0.39, 0.29) is 17.7 Å². The molecule has 0 saturated carbocycles. The standard InChI is InChI=1S/C17H19N3OS/c1-2-11-3-4-13(15(22)9-11)16(18)17(21)19-14-10-20-7-5-12(14)6-8-20/h1,3-4,9,12,14,18,22H,5-8,10H2,(H,19,21)/p+1/t14-/m1/s1. The number of carbonyl (C=O) groups excluding carboxylic acids is 1. The minimum absolute atomic E-state index is 0.196. The summed E-state index contributed by atoms with van der Waals surface area (Å²) in [5.41, 5.74) is 1.55. The van der Waals surface area contributed by atoms with E-state index in [1.807, 2.05) is 0 Å². The number of nitrogens with one attached hydrogen (secondary N) is 1. The van der Waals surface area contributed by atoms with Gasteiger partial charge in [0.15, 0.2) is 0 Å². The third-order valence-corrected chi connectivity index (χ3v) is 5.04. The van der Waals surface area contributed by atoms with E-state index in [9.17, 15) is 4.79 Å². The summed E-state index contributed by atoms with van der Waals surface area (Å²) in [5, 5.41) is 9.12. The predicted molar refractivity (Wildman–Crippen MR) is 88.8 cm³/mol. The first-order valence-corrected chi connectivity index (χ1v) is 7.99. The van der Waals surface area contributed by atoms with E-state index >= 15 is 0 Å². The second-order valence-corrected chi connectivity index (χ2v) is 6.49. The normalized spacial score (nSPS) is 26.3. The molecule has 2 bridgehead atoms. The highest BCUT2D eigenvalue weighted by Gasteiger charge is 2.36. The molecule has 1 atom stereocenters. The quantitative estimate of drug-likeness (QED) is 0.408. The minimum Gasteiger partial charge on any atom is -0.343 e. The Balaban J connectivity index is 1.70. The molecule has 4 rings (SSSR count). The van der Waals surface area contributed by atoms with Crippen LogP contribution in [0.2, 0.25) is 0 Å². The number of piperidine rings is 3. The maximum Gasteiger partial charge on any atom is 0.316 e. The topological polar surface area (TPSA) is 57.9 Å². The van der Waals surface area contributed by atoms with Gasteiger partial charge in [-0.25, -0.2) is 5.41 Å². The van der Waals surface area contributed by atoms with Crippen LogP contribution in [-0.2, 0) is 4.79 Å². The van der Waals surface area contributed by atoms with Crippen LogP contribution < -0.4 is 10.7 Å². The summed E-state index contributed by atoms with van der Waals surface area (Å²) in [5.74, 6) is 2.89. The van der Waals surface area contributed by atoms with Crippen LogP contribution in [0.5, 0.6) is 0 Å². The molecule has 0 radical (unpaired) electrons. The number of thiol groups is 1. The average molecular weight is 314 g/mol. The largest absolute Gasteiger partial charge is 0.343 e. The second kappa shape index (κ2) is 6.15. The Bertz CT molecular complexity index is 656. The molecule has 3 aliphatic rings. The Morgan fingerprint density at radius 2 is 2.14 bits per heavy atom. The maximum absolute atomic E-state index is 12.4. The summed E-state index contributed by atoms with van der Waals surface area (Å²) in [7, 11) is 0. The van der Waals surface area contributed by atoms with E-state index in [1.54, 1.807) is 18.2 Å². The fourth-order valence-corrected chi connectivity index (χ4v) is 3.68. The molecule has 3 aliphatic heterocycles. The van der Waals surface area contributed by atoms with Crippen molar-refractivity contribution in [3.63, 3.8) is 0 Å². The van der Waals surface area contributed by atoms with Crippen LogP contribution in [0.15, 0.2) is 23.1 Å². The van der Waals surface area contributed by atoms with Gasteiger partial charge in [0.25, 0.3) is 5.71 Å². The summed E-state index contributed by atoms with van der Waals surface area (Å²) in [6.45, 7) is 3.21. The number of fused-ring (bicyclic) bond motifs is 3. The molecule has 0 spiro atoms. The van der Waals surface area contributed by atoms with Crippen molar-refractivity contribution in [2.24, 2.45) is 5.92 Å². The molecule has 1 amide bonds. The number of terminal acetylenes is 1. The first kappa shape index (κ1) is 15.1. The Labute approximate surface area is 136 Å². The van der Waals surface area contributed by atoms with Gasteiger partial charge < -0.3 is 10.2 Å². The van der Waals surface area contributed by atoms with Crippen molar-refractivity contribution in [1.29, 1.82) is 0 Å². The lowest BCUT2D eigenvalue weighted by atomic mass is 9.84. The van der Waals surface area contributed by atoms with E-state index in [0.717, 1.165) is 38.0 Å². The lowest BCUT2D eigenvalue weighted by Crippen LogP contribution is -2.60. The van der Waals surface area contributed by atoms with Gasteiger partial charge in [0.05, 0.1) is 5.56 Å². The van der Waals surface area contributed by atoms with Crippen molar-refractivity contribution in [3.8, 4) is 12.3 Å². The molecule has 22 heavy (non-hydrogen) atoms. The van der Waals surface area contributed by atoms with Gasteiger partial charge >= 0.3 is 5.91 Å². The SMILES string of the molecule is C#Cc1ccc(C(=[NH2+])C(=O)N[C@@H]2CN3CCC2CC3)c(S)c1. The lowest BCUT2D eigenvalue weighted by molar-refractivity contribution is -0.137. The number of rotatable bonds is 3. The molecule has 3 saturated heterocycles. The summed E-state index contributed by atoms with van der Waals surface area (Å²) in [6, 6.07) is 5.46. The smallest absolute Gasteiger partial charge is 0.316 e. The van der Waals surface area contributed by atoms with Crippen LogP contribution in [0, 0.1) is 18.3 Å². The molecule has 3 N–H and O–H groups in total. The Hall–Kier alpha value is -1.77. The molecule has 114 valence electrons. The van der Waals surface area contributed by atoms with Gasteiger partial charge in [-0.15, -0.1) is 19.1 Å². The van der Waals surface area contributed by atoms with Gasteiger partial charge in [0.2, 0.25) is 0 Å². The first-order valence-electron chi connectivity index (χ1n) is 7.54. The number of nitrogens with two attached hydrogens (primary N) is 1. The summed E-state index contributed by atoms with van der Waals surface area (Å²) in [4.78, 5) is 15.4. The highest BCUT2D eigenvalue weighted by atomic mass is 32.1. The molecular formula is C17H20N3OS+. The summed E-state index contributed by atoms with van der Waals surface area (Å²) < 4.78 is 0. The van der Waals surface area contributed by atoms with Gasteiger partial charge in [-0.1, -0.05) is 5.92 Å². The van der Waals surface area contributed by atoms with Crippen LogP contribution in [-0.4, -0.2) is 42.2 Å². The summed E-state index contributed by atoms with van der Waals surface area (Å²) in [6.07, 6.45) is 7.66. The van der Waals surface area contributed by atoms with Crippen molar-refractivity contribution in [1.82, 2.24) is 10.2 Å². The molecule has 4 nitrogen and oxygen atoms in total. The zero-order chi connectivity index (χ0) is 15.7. The maximum atomic E-state index is 12.4. The summed E-state index contributed by atoms with van der Waals surface area (Å²) >= 11 is 4.38. The molecule has 3 fully saturated rings. The molecule has 1 aromatic rings. The van der Waals surface area contributed by atoms with E-state index in [1.165, 1.54) is 0 Å². The zero-order valence-electron chi connectivity index (χ0n) is 12.4. The van der Waals surface area contributed by atoms with Crippen LogP contribution in [0.4, 0.5) is 0 Å². The van der Waals surface area contributed by atoms with Crippen LogP contribution in [0.1, 0.15) is 24.0 Å². The van der Waals surface area contributed by atoms with Crippen LogP contribution in [0.25, 0.3) is 0 Å². The van der Waals surface area contributed by atoms with Crippen molar-refractivity contribution in [3.05, 3.63) is 29.3 Å². The number of amides is 1. The minimum atomic E-state index is -0.220. The lowest BCUT2D eigenvalue weighted by Gasteiger charge is -2.44. The van der Waals surface area contributed by atoms with Crippen LogP contribution >= 0.6 is 12.6 Å². The number of carbonyl (C=O) groups is 1. The average Bonchev–Trinajstić information content (AvgIpc) is 2.55. The van der Waals surface area contributed by atoms with E-state index < -0.39 is 0 Å². The number of benzene rings is 1. The van der Waals surface area contributed by atoms with Gasteiger partial charge in [0.1, 0.15) is 0 Å². The highest BCUT2D eigenvalue weighted by molar-refractivity contribution is 7.80. The molecule has 0 aromatic heterocycles. The van der Waals surface area contributed by atoms with Crippen LogP contribution in [0.3, 0.4) is 0 Å². The first-order chi connectivity index (χ1) is 10.6.